The second-order valence-electron chi connectivity index (χ2n) is 6.17. The van der Waals surface area contributed by atoms with Gasteiger partial charge in [0, 0.05) is 16.1 Å². The summed E-state index contributed by atoms with van der Waals surface area (Å²) < 4.78 is 0. The minimum absolute atomic E-state index is 0.146. The van der Waals surface area contributed by atoms with Crippen LogP contribution in [0.4, 0.5) is 11.4 Å². The van der Waals surface area contributed by atoms with Gasteiger partial charge in [-0.15, -0.1) is 11.8 Å². The molecule has 0 saturated heterocycles. The second kappa shape index (κ2) is 9.44. The number of hydrogen-bond acceptors (Lipinski definition) is 3. The van der Waals surface area contributed by atoms with Gasteiger partial charge in [-0.3, -0.25) is 9.59 Å². The number of carbonyl (C=O) groups excluding carboxylic acids is 2. The van der Waals surface area contributed by atoms with Gasteiger partial charge >= 0.3 is 0 Å². The molecule has 4 nitrogen and oxygen atoms in total. The highest BCUT2D eigenvalue weighted by Gasteiger charge is 2.09. The minimum atomic E-state index is -0.165. The van der Waals surface area contributed by atoms with Crippen LogP contribution in [-0.4, -0.2) is 17.6 Å². The Morgan fingerprint density at radius 3 is 2.50 bits per heavy atom. The van der Waals surface area contributed by atoms with Crippen LogP contribution in [0.1, 0.15) is 15.9 Å². The quantitative estimate of drug-likeness (QED) is 0.517. The zero-order valence-electron chi connectivity index (χ0n) is 15.2. The van der Waals surface area contributed by atoms with Crippen molar-refractivity contribution in [3.8, 4) is 0 Å². The van der Waals surface area contributed by atoms with E-state index in [1.807, 2.05) is 61.5 Å². The van der Waals surface area contributed by atoms with Crippen LogP contribution in [0.3, 0.4) is 0 Å². The largest absolute Gasteiger partial charge is 0.324 e. The third kappa shape index (κ3) is 5.62. The van der Waals surface area contributed by atoms with Gasteiger partial charge in [0.15, 0.2) is 0 Å². The van der Waals surface area contributed by atoms with Crippen molar-refractivity contribution in [3.05, 3.63) is 88.9 Å². The van der Waals surface area contributed by atoms with E-state index in [-0.39, 0.29) is 17.6 Å². The number of aryl methyl sites for hydroxylation is 1. The molecule has 3 rings (SSSR count). The lowest BCUT2D eigenvalue weighted by molar-refractivity contribution is -0.113. The highest BCUT2D eigenvalue weighted by Crippen LogP contribution is 2.24. The number of halogens is 1. The molecule has 142 valence electrons. The van der Waals surface area contributed by atoms with E-state index in [9.17, 15) is 9.59 Å². The monoisotopic (exact) mass is 410 g/mol. The van der Waals surface area contributed by atoms with Crippen LogP contribution in [0.15, 0.2) is 77.7 Å². The van der Waals surface area contributed by atoms with E-state index in [1.54, 1.807) is 18.2 Å². The first-order chi connectivity index (χ1) is 13.5. The van der Waals surface area contributed by atoms with E-state index in [1.165, 1.54) is 11.8 Å². The van der Waals surface area contributed by atoms with E-state index in [4.69, 9.17) is 11.6 Å². The molecule has 0 unspecified atom stereocenters. The molecule has 0 atom stereocenters. The Morgan fingerprint density at radius 2 is 1.71 bits per heavy atom. The van der Waals surface area contributed by atoms with Crippen molar-refractivity contribution in [1.82, 2.24) is 0 Å². The summed E-state index contributed by atoms with van der Waals surface area (Å²) in [5.74, 6) is -0.0739. The van der Waals surface area contributed by atoms with E-state index in [2.05, 4.69) is 10.6 Å². The maximum absolute atomic E-state index is 12.4. The average Bonchev–Trinajstić information content (AvgIpc) is 2.68. The minimum Gasteiger partial charge on any atom is -0.324 e. The van der Waals surface area contributed by atoms with E-state index in [0.717, 1.165) is 10.5 Å². The maximum Gasteiger partial charge on any atom is 0.255 e. The standard InChI is InChI=1S/C22H19ClN2O2S/c1-15-6-4-7-16(12-15)22(27)24-17-8-5-9-18(13-17)28-14-21(26)25-20-11-3-2-10-19(20)23/h2-13H,14H2,1H3,(H,24,27)(H,25,26). The lowest BCUT2D eigenvalue weighted by Gasteiger charge is -2.09. The molecule has 6 heteroatoms. The van der Waals surface area contributed by atoms with Crippen LogP contribution in [0.5, 0.6) is 0 Å². The summed E-state index contributed by atoms with van der Waals surface area (Å²) in [6, 6.07) is 21.9. The number of nitrogens with one attached hydrogen (secondary N) is 2. The molecule has 2 amide bonds. The fourth-order valence-corrected chi connectivity index (χ4v) is 3.49. The van der Waals surface area contributed by atoms with Crippen molar-refractivity contribution in [2.75, 3.05) is 16.4 Å². The number of hydrogen-bond donors (Lipinski definition) is 2. The molecule has 2 N–H and O–H groups in total. The number of amides is 2. The van der Waals surface area contributed by atoms with Gasteiger partial charge in [0.05, 0.1) is 16.5 Å². The molecule has 3 aromatic carbocycles. The molecule has 0 saturated carbocycles. The highest BCUT2D eigenvalue weighted by atomic mass is 35.5. The molecule has 0 aliphatic rings. The molecule has 28 heavy (non-hydrogen) atoms. The summed E-state index contributed by atoms with van der Waals surface area (Å²) in [6.45, 7) is 1.95. The summed E-state index contributed by atoms with van der Waals surface area (Å²) >= 11 is 7.44. The van der Waals surface area contributed by atoms with Gasteiger partial charge in [0.1, 0.15) is 0 Å². The number of para-hydroxylation sites is 1. The topological polar surface area (TPSA) is 58.2 Å². The Bertz CT molecular complexity index is 1010. The number of anilines is 2. The summed E-state index contributed by atoms with van der Waals surface area (Å²) in [5, 5.41) is 6.18. The number of carbonyl (C=O) groups is 2. The van der Waals surface area contributed by atoms with Gasteiger partial charge in [0.25, 0.3) is 5.91 Å². The lowest BCUT2D eigenvalue weighted by Crippen LogP contribution is -2.14. The van der Waals surface area contributed by atoms with Crippen molar-refractivity contribution < 1.29 is 9.59 Å². The van der Waals surface area contributed by atoms with Crippen LogP contribution >= 0.6 is 23.4 Å². The molecule has 0 aliphatic heterocycles. The van der Waals surface area contributed by atoms with Crippen LogP contribution in [0, 0.1) is 6.92 Å². The first kappa shape index (κ1) is 20.0. The Morgan fingerprint density at radius 1 is 0.929 bits per heavy atom. The van der Waals surface area contributed by atoms with Gasteiger partial charge in [0.2, 0.25) is 5.91 Å². The molecule has 0 fully saturated rings. The fourth-order valence-electron chi connectivity index (χ4n) is 2.55. The van der Waals surface area contributed by atoms with Crippen molar-refractivity contribution in [1.29, 1.82) is 0 Å². The zero-order chi connectivity index (χ0) is 19.9. The van der Waals surface area contributed by atoms with Gasteiger partial charge in [-0.1, -0.05) is 47.5 Å². The predicted molar refractivity (Wildman–Crippen MR) is 116 cm³/mol. The summed E-state index contributed by atoms with van der Waals surface area (Å²) in [7, 11) is 0. The normalized spacial score (nSPS) is 10.4. The molecular weight excluding hydrogens is 392 g/mol. The average molecular weight is 411 g/mol. The van der Waals surface area contributed by atoms with Crippen LogP contribution in [0.25, 0.3) is 0 Å². The summed E-state index contributed by atoms with van der Waals surface area (Å²) in [6.07, 6.45) is 0. The van der Waals surface area contributed by atoms with Gasteiger partial charge in [-0.05, 0) is 49.4 Å². The van der Waals surface area contributed by atoms with Gasteiger partial charge < -0.3 is 10.6 Å². The predicted octanol–water partition coefficient (Wildman–Crippen LogP) is 5.63. The highest BCUT2D eigenvalue weighted by molar-refractivity contribution is 8.00. The third-order valence-electron chi connectivity index (χ3n) is 3.89. The molecule has 0 aromatic heterocycles. The van der Waals surface area contributed by atoms with E-state index in [0.29, 0.717) is 22.0 Å². The Hall–Kier alpha value is -2.76. The van der Waals surface area contributed by atoms with E-state index < -0.39 is 0 Å². The fraction of sp³-hybridized carbons (Fsp3) is 0.0909. The van der Waals surface area contributed by atoms with E-state index >= 15 is 0 Å². The Balaban J connectivity index is 1.58. The smallest absolute Gasteiger partial charge is 0.255 e. The second-order valence-corrected chi connectivity index (χ2v) is 7.62. The van der Waals surface area contributed by atoms with Crippen LogP contribution in [-0.2, 0) is 4.79 Å². The Kier molecular flexibility index (Phi) is 6.74. The van der Waals surface area contributed by atoms with Gasteiger partial charge in [-0.25, -0.2) is 0 Å². The van der Waals surface area contributed by atoms with Crippen LogP contribution in [0.2, 0.25) is 5.02 Å². The SMILES string of the molecule is Cc1cccc(C(=O)Nc2cccc(SCC(=O)Nc3ccccc3Cl)c2)c1. The summed E-state index contributed by atoms with van der Waals surface area (Å²) in [5.41, 5.74) is 2.91. The molecule has 3 aromatic rings. The number of thioether (sulfide) groups is 1. The van der Waals surface area contributed by atoms with Crippen molar-refractivity contribution in [2.45, 2.75) is 11.8 Å². The third-order valence-corrected chi connectivity index (χ3v) is 5.21. The van der Waals surface area contributed by atoms with Crippen molar-refractivity contribution in [3.63, 3.8) is 0 Å². The molecular formula is C22H19ClN2O2S. The zero-order valence-corrected chi connectivity index (χ0v) is 16.8. The van der Waals surface area contributed by atoms with Gasteiger partial charge in [-0.2, -0.15) is 0 Å². The maximum atomic E-state index is 12.4. The molecule has 0 heterocycles. The first-order valence-electron chi connectivity index (χ1n) is 8.66. The molecule has 0 aliphatic carbocycles. The number of rotatable bonds is 6. The Labute approximate surface area is 173 Å². The molecule has 0 spiro atoms. The molecule has 0 bridgehead atoms. The van der Waals surface area contributed by atoms with Crippen molar-refractivity contribution in [2.24, 2.45) is 0 Å². The molecule has 0 radical (unpaired) electrons. The summed E-state index contributed by atoms with van der Waals surface area (Å²) in [4.78, 5) is 25.4. The lowest BCUT2D eigenvalue weighted by atomic mass is 10.1. The van der Waals surface area contributed by atoms with Crippen LogP contribution < -0.4 is 10.6 Å². The first-order valence-corrected chi connectivity index (χ1v) is 10.0. The number of benzene rings is 3. The van der Waals surface area contributed by atoms with Crippen molar-refractivity contribution >= 4 is 46.6 Å².